The van der Waals surface area contributed by atoms with Gasteiger partial charge in [-0.05, 0) is 24.5 Å². The van der Waals surface area contributed by atoms with Crippen molar-refractivity contribution in [2.75, 3.05) is 6.67 Å². The SMILES string of the molecule is Cc1ccc2c(c1)CNC(CF)C2. The van der Waals surface area contributed by atoms with Gasteiger partial charge in [0.1, 0.15) is 6.67 Å². The van der Waals surface area contributed by atoms with E-state index in [1.807, 2.05) is 0 Å². The lowest BCUT2D eigenvalue weighted by atomic mass is 9.95. The maximum Gasteiger partial charge on any atom is 0.105 e. The van der Waals surface area contributed by atoms with Gasteiger partial charge < -0.3 is 5.32 Å². The molecule has 0 fully saturated rings. The Morgan fingerprint density at radius 2 is 2.31 bits per heavy atom. The van der Waals surface area contributed by atoms with Crippen LogP contribution in [-0.2, 0) is 13.0 Å². The number of nitrogens with one attached hydrogen (secondary N) is 1. The first-order valence-corrected chi connectivity index (χ1v) is 4.67. The van der Waals surface area contributed by atoms with Gasteiger partial charge >= 0.3 is 0 Å². The Labute approximate surface area is 78.0 Å². The van der Waals surface area contributed by atoms with E-state index in [9.17, 15) is 4.39 Å². The number of hydrogen-bond acceptors (Lipinski definition) is 1. The summed E-state index contributed by atoms with van der Waals surface area (Å²) in [5, 5.41) is 3.18. The zero-order valence-corrected chi connectivity index (χ0v) is 7.81. The number of hydrogen-bond donors (Lipinski definition) is 1. The number of benzene rings is 1. The second kappa shape index (κ2) is 3.46. The molecule has 0 radical (unpaired) electrons. The Hall–Kier alpha value is -0.890. The lowest BCUT2D eigenvalue weighted by Crippen LogP contribution is -2.37. The van der Waals surface area contributed by atoms with E-state index < -0.39 is 0 Å². The van der Waals surface area contributed by atoms with Crippen molar-refractivity contribution in [2.24, 2.45) is 0 Å². The van der Waals surface area contributed by atoms with Crippen LogP contribution in [0.5, 0.6) is 0 Å². The molecule has 1 unspecified atom stereocenters. The van der Waals surface area contributed by atoms with Gasteiger partial charge in [-0.1, -0.05) is 23.8 Å². The average Bonchev–Trinajstić information content (AvgIpc) is 2.17. The fraction of sp³-hybridized carbons (Fsp3) is 0.455. The molecule has 1 heterocycles. The molecule has 0 amide bonds. The zero-order chi connectivity index (χ0) is 9.26. The summed E-state index contributed by atoms with van der Waals surface area (Å²) in [6, 6.07) is 6.42. The lowest BCUT2D eigenvalue weighted by Gasteiger charge is -2.24. The Balaban J connectivity index is 2.26. The van der Waals surface area contributed by atoms with Crippen LogP contribution < -0.4 is 5.32 Å². The van der Waals surface area contributed by atoms with Crippen LogP contribution >= 0.6 is 0 Å². The van der Waals surface area contributed by atoms with Crippen LogP contribution in [0.4, 0.5) is 4.39 Å². The Morgan fingerprint density at radius 1 is 1.46 bits per heavy atom. The normalized spacial score (nSPS) is 21.2. The van der Waals surface area contributed by atoms with Crippen molar-refractivity contribution >= 4 is 0 Å². The molecule has 1 N–H and O–H groups in total. The molecule has 1 aromatic rings. The molecular weight excluding hydrogens is 165 g/mol. The van der Waals surface area contributed by atoms with Gasteiger partial charge in [0.05, 0.1) is 0 Å². The molecule has 0 saturated heterocycles. The minimum absolute atomic E-state index is 0.0233. The van der Waals surface area contributed by atoms with Gasteiger partial charge in [-0.2, -0.15) is 0 Å². The molecule has 0 aromatic heterocycles. The maximum atomic E-state index is 12.4. The summed E-state index contributed by atoms with van der Waals surface area (Å²) >= 11 is 0. The van der Waals surface area contributed by atoms with E-state index in [1.54, 1.807) is 0 Å². The first-order chi connectivity index (χ1) is 6.29. The van der Waals surface area contributed by atoms with E-state index in [0.717, 1.165) is 13.0 Å². The van der Waals surface area contributed by atoms with E-state index in [-0.39, 0.29) is 12.7 Å². The summed E-state index contributed by atoms with van der Waals surface area (Å²) in [6.45, 7) is 2.63. The highest BCUT2D eigenvalue weighted by Crippen LogP contribution is 2.18. The smallest absolute Gasteiger partial charge is 0.105 e. The first-order valence-electron chi connectivity index (χ1n) is 4.67. The summed E-state index contributed by atoms with van der Waals surface area (Å²) in [6.07, 6.45) is 0.826. The Bertz CT molecular complexity index is 309. The molecule has 0 saturated carbocycles. The van der Waals surface area contributed by atoms with Crippen molar-refractivity contribution in [3.8, 4) is 0 Å². The van der Waals surface area contributed by atoms with Crippen LogP contribution in [0.1, 0.15) is 16.7 Å². The van der Waals surface area contributed by atoms with Crippen LogP contribution in [0.3, 0.4) is 0 Å². The molecule has 1 aromatic carbocycles. The van der Waals surface area contributed by atoms with Crippen molar-refractivity contribution in [1.29, 1.82) is 0 Å². The molecule has 1 aliphatic rings. The summed E-state index contributed by atoms with van der Waals surface area (Å²) in [7, 11) is 0. The molecule has 13 heavy (non-hydrogen) atoms. The third kappa shape index (κ3) is 1.73. The minimum atomic E-state index is -0.271. The van der Waals surface area contributed by atoms with E-state index in [4.69, 9.17) is 0 Å². The minimum Gasteiger partial charge on any atom is -0.307 e. The van der Waals surface area contributed by atoms with Crippen LogP contribution in [0.25, 0.3) is 0 Å². The van der Waals surface area contributed by atoms with E-state index in [2.05, 4.69) is 30.4 Å². The average molecular weight is 179 g/mol. The molecule has 1 atom stereocenters. The molecule has 70 valence electrons. The monoisotopic (exact) mass is 179 g/mol. The lowest BCUT2D eigenvalue weighted by molar-refractivity contribution is 0.359. The van der Waals surface area contributed by atoms with Gasteiger partial charge in [-0.3, -0.25) is 0 Å². The second-order valence-electron chi connectivity index (χ2n) is 3.71. The quantitative estimate of drug-likeness (QED) is 0.695. The second-order valence-corrected chi connectivity index (χ2v) is 3.71. The highest BCUT2D eigenvalue weighted by atomic mass is 19.1. The zero-order valence-electron chi connectivity index (χ0n) is 7.81. The third-order valence-corrected chi connectivity index (χ3v) is 2.60. The highest BCUT2D eigenvalue weighted by molar-refractivity contribution is 5.33. The van der Waals surface area contributed by atoms with Gasteiger partial charge in [-0.25, -0.2) is 4.39 Å². The van der Waals surface area contributed by atoms with E-state index >= 15 is 0 Å². The predicted octanol–water partition coefficient (Wildman–Crippen LogP) is 1.98. The summed E-state index contributed by atoms with van der Waals surface area (Å²) in [5.74, 6) is 0. The Morgan fingerprint density at radius 3 is 3.08 bits per heavy atom. The number of aryl methyl sites for hydroxylation is 1. The van der Waals surface area contributed by atoms with Gasteiger partial charge in [-0.15, -0.1) is 0 Å². The summed E-state index contributed by atoms with van der Waals surface area (Å²) < 4.78 is 12.4. The predicted molar refractivity (Wildman–Crippen MR) is 51.5 cm³/mol. The van der Waals surface area contributed by atoms with Crippen molar-refractivity contribution in [3.63, 3.8) is 0 Å². The summed E-state index contributed by atoms with van der Waals surface area (Å²) in [4.78, 5) is 0. The number of alkyl halides is 1. The molecule has 2 heteroatoms. The Kier molecular flexibility index (Phi) is 2.32. The topological polar surface area (TPSA) is 12.0 Å². The van der Waals surface area contributed by atoms with Crippen molar-refractivity contribution in [1.82, 2.24) is 5.32 Å². The standard InChI is InChI=1S/C11H14FN/c1-8-2-3-9-5-11(6-12)13-7-10(9)4-8/h2-4,11,13H,5-7H2,1H3. The molecular formula is C11H14FN. The van der Waals surface area contributed by atoms with E-state index in [1.165, 1.54) is 16.7 Å². The van der Waals surface area contributed by atoms with Crippen molar-refractivity contribution in [3.05, 3.63) is 34.9 Å². The van der Waals surface area contributed by atoms with Gasteiger partial charge in [0.2, 0.25) is 0 Å². The molecule has 1 nitrogen and oxygen atoms in total. The third-order valence-electron chi connectivity index (χ3n) is 2.60. The van der Waals surface area contributed by atoms with Crippen LogP contribution in [0.15, 0.2) is 18.2 Å². The summed E-state index contributed by atoms with van der Waals surface area (Å²) in [5.41, 5.74) is 3.90. The fourth-order valence-electron chi connectivity index (χ4n) is 1.82. The molecule has 0 bridgehead atoms. The number of halogens is 1. The molecule has 0 aliphatic carbocycles. The largest absolute Gasteiger partial charge is 0.307 e. The van der Waals surface area contributed by atoms with Gasteiger partial charge in [0, 0.05) is 12.6 Å². The first kappa shape index (κ1) is 8.70. The molecule has 2 rings (SSSR count). The van der Waals surface area contributed by atoms with Crippen molar-refractivity contribution in [2.45, 2.75) is 25.9 Å². The van der Waals surface area contributed by atoms with Gasteiger partial charge in [0.25, 0.3) is 0 Å². The highest BCUT2D eigenvalue weighted by Gasteiger charge is 2.16. The van der Waals surface area contributed by atoms with Gasteiger partial charge in [0.15, 0.2) is 0 Å². The van der Waals surface area contributed by atoms with Crippen LogP contribution in [0, 0.1) is 6.92 Å². The van der Waals surface area contributed by atoms with Crippen LogP contribution in [0.2, 0.25) is 0 Å². The number of fused-ring (bicyclic) bond motifs is 1. The molecule has 1 aliphatic heterocycles. The van der Waals surface area contributed by atoms with Crippen molar-refractivity contribution < 1.29 is 4.39 Å². The fourth-order valence-corrected chi connectivity index (χ4v) is 1.82. The number of rotatable bonds is 1. The van der Waals surface area contributed by atoms with E-state index in [0.29, 0.717) is 0 Å². The molecule has 0 spiro atoms. The van der Waals surface area contributed by atoms with Crippen LogP contribution in [-0.4, -0.2) is 12.7 Å². The maximum absolute atomic E-state index is 12.4.